The molecular formula is C17H17ClF2N2O3S. The van der Waals surface area contributed by atoms with Crippen molar-refractivity contribution in [3.05, 3.63) is 64.7 Å². The van der Waals surface area contributed by atoms with Gasteiger partial charge in [-0.05, 0) is 42.3 Å². The molecule has 1 amide bonds. The average Bonchev–Trinajstić information content (AvgIpc) is 2.57. The Morgan fingerprint density at radius 3 is 2.50 bits per heavy atom. The highest BCUT2D eigenvalue weighted by atomic mass is 35.5. The average molecular weight is 403 g/mol. The number of benzene rings is 2. The highest BCUT2D eigenvalue weighted by Gasteiger charge is 2.16. The molecule has 0 fully saturated rings. The minimum absolute atomic E-state index is 0.0849. The number of nitrogens with one attached hydrogen (secondary N) is 2. The zero-order valence-electron chi connectivity index (χ0n) is 13.6. The first kappa shape index (κ1) is 20.3. The minimum atomic E-state index is -4.01. The molecule has 9 heteroatoms. The number of amides is 1. The van der Waals surface area contributed by atoms with Crippen molar-refractivity contribution in [1.82, 2.24) is 10.0 Å². The number of sulfonamides is 1. The maximum Gasteiger partial charge on any atom is 0.240 e. The van der Waals surface area contributed by atoms with Crippen LogP contribution in [0.3, 0.4) is 0 Å². The number of rotatable bonds is 8. The van der Waals surface area contributed by atoms with Crippen LogP contribution in [0.4, 0.5) is 8.78 Å². The lowest BCUT2D eigenvalue weighted by molar-refractivity contribution is -0.120. The Balaban J connectivity index is 1.75. The van der Waals surface area contributed by atoms with Gasteiger partial charge in [-0.3, -0.25) is 4.79 Å². The van der Waals surface area contributed by atoms with Crippen LogP contribution in [0.15, 0.2) is 47.4 Å². The lowest BCUT2D eigenvalue weighted by atomic mass is 10.1. The van der Waals surface area contributed by atoms with Crippen molar-refractivity contribution in [3.63, 3.8) is 0 Å². The van der Waals surface area contributed by atoms with E-state index < -0.39 is 26.6 Å². The molecule has 0 aliphatic heterocycles. The van der Waals surface area contributed by atoms with Gasteiger partial charge < -0.3 is 5.32 Å². The molecule has 0 saturated heterocycles. The smallest absolute Gasteiger partial charge is 0.240 e. The summed E-state index contributed by atoms with van der Waals surface area (Å²) in [7, 11) is -4.01. The monoisotopic (exact) mass is 402 g/mol. The summed E-state index contributed by atoms with van der Waals surface area (Å²) in [5, 5.41) is 3.28. The molecule has 140 valence electrons. The first-order valence-electron chi connectivity index (χ1n) is 7.74. The molecule has 2 aromatic carbocycles. The molecule has 0 aliphatic carbocycles. The van der Waals surface area contributed by atoms with Crippen molar-refractivity contribution in [2.24, 2.45) is 0 Å². The van der Waals surface area contributed by atoms with Crippen molar-refractivity contribution in [1.29, 1.82) is 0 Å². The van der Waals surface area contributed by atoms with Crippen LogP contribution in [0.2, 0.25) is 5.02 Å². The number of carbonyl (C=O) groups is 1. The summed E-state index contributed by atoms with van der Waals surface area (Å²) >= 11 is 5.87. The van der Waals surface area contributed by atoms with E-state index in [1.54, 1.807) is 12.1 Å². The molecule has 0 aliphatic rings. The molecule has 0 radical (unpaired) electrons. The molecule has 0 heterocycles. The summed E-state index contributed by atoms with van der Waals surface area (Å²) in [4.78, 5) is 11.3. The lowest BCUT2D eigenvalue weighted by Gasteiger charge is -2.08. The Morgan fingerprint density at radius 2 is 1.81 bits per heavy atom. The molecule has 2 aromatic rings. The normalized spacial score (nSPS) is 11.3. The molecule has 0 atom stereocenters. The van der Waals surface area contributed by atoms with E-state index in [9.17, 15) is 22.0 Å². The molecule has 0 spiro atoms. The largest absolute Gasteiger partial charge is 0.356 e. The van der Waals surface area contributed by atoms with E-state index in [0.717, 1.165) is 17.7 Å². The van der Waals surface area contributed by atoms with Crippen molar-refractivity contribution >= 4 is 27.5 Å². The van der Waals surface area contributed by atoms with Gasteiger partial charge in [0.1, 0.15) is 0 Å². The quantitative estimate of drug-likeness (QED) is 0.712. The van der Waals surface area contributed by atoms with Gasteiger partial charge in [0, 0.05) is 24.5 Å². The molecule has 0 saturated carbocycles. The van der Waals surface area contributed by atoms with Gasteiger partial charge in [-0.2, -0.15) is 0 Å². The summed E-state index contributed by atoms with van der Waals surface area (Å²) in [6, 6.07) is 9.51. The Labute approximate surface area is 155 Å². The highest BCUT2D eigenvalue weighted by Crippen LogP contribution is 2.13. The van der Waals surface area contributed by atoms with E-state index in [2.05, 4.69) is 10.0 Å². The van der Waals surface area contributed by atoms with E-state index in [1.807, 2.05) is 12.1 Å². The minimum Gasteiger partial charge on any atom is -0.356 e. The summed E-state index contributed by atoms with van der Waals surface area (Å²) in [5.41, 5.74) is 0.969. The van der Waals surface area contributed by atoms with Gasteiger partial charge >= 0.3 is 0 Å². The van der Waals surface area contributed by atoms with Gasteiger partial charge in [-0.1, -0.05) is 23.7 Å². The third kappa shape index (κ3) is 6.05. The molecular weight excluding hydrogens is 386 g/mol. The molecule has 0 aromatic heterocycles. The van der Waals surface area contributed by atoms with Crippen LogP contribution < -0.4 is 10.0 Å². The van der Waals surface area contributed by atoms with Crippen LogP contribution in [0.5, 0.6) is 0 Å². The van der Waals surface area contributed by atoms with Crippen molar-refractivity contribution in [3.8, 4) is 0 Å². The van der Waals surface area contributed by atoms with Gasteiger partial charge in [0.05, 0.1) is 4.90 Å². The third-order valence-electron chi connectivity index (χ3n) is 3.47. The van der Waals surface area contributed by atoms with Crippen molar-refractivity contribution < 1.29 is 22.0 Å². The fourth-order valence-electron chi connectivity index (χ4n) is 2.15. The summed E-state index contributed by atoms with van der Waals surface area (Å²) in [6.45, 7) is 0.222. The maximum absolute atomic E-state index is 13.1. The molecule has 2 rings (SSSR count). The molecule has 0 bridgehead atoms. The first-order chi connectivity index (χ1) is 12.3. The van der Waals surface area contributed by atoms with Crippen LogP contribution in [0.1, 0.15) is 12.0 Å². The maximum atomic E-state index is 13.1. The summed E-state index contributed by atoms with van der Waals surface area (Å²) < 4.78 is 52.1. The fraction of sp³-hybridized carbons (Fsp3) is 0.235. The van der Waals surface area contributed by atoms with E-state index in [-0.39, 0.29) is 18.9 Å². The second kappa shape index (κ2) is 9.07. The SMILES string of the molecule is O=C(CCNS(=O)(=O)c1ccc(F)c(F)c1)NCCc1cccc(Cl)c1. The second-order valence-corrected chi connectivity index (χ2v) is 7.66. The Hall–Kier alpha value is -2.03. The van der Waals surface area contributed by atoms with Crippen molar-refractivity contribution in [2.45, 2.75) is 17.7 Å². The van der Waals surface area contributed by atoms with E-state index in [4.69, 9.17) is 11.6 Å². The van der Waals surface area contributed by atoms with Crippen LogP contribution >= 0.6 is 11.6 Å². The highest BCUT2D eigenvalue weighted by molar-refractivity contribution is 7.89. The summed E-state index contributed by atoms with van der Waals surface area (Å²) in [5.74, 6) is -2.73. The zero-order valence-corrected chi connectivity index (χ0v) is 15.2. The van der Waals surface area contributed by atoms with Crippen molar-refractivity contribution in [2.75, 3.05) is 13.1 Å². The van der Waals surface area contributed by atoms with E-state index in [0.29, 0.717) is 24.1 Å². The Morgan fingerprint density at radius 1 is 1.04 bits per heavy atom. The topological polar surface area (TPSA) is 75.3 Å². The lowest BCUT2D eigenvalue weighted by Crippen LogP contribution is -2.31. The van der Waals surface area contributed by atoms with Gasteiger partial charge in [-0.15, -0.1) is 0 Å². The number of carbonyl (C=O) groups excluding carboxylic acids is 1. The van der Waals surface area contributed by atoms with Crippen LogP contribution in [-0.2, 0) is 21.2 Å². The molecule has 26 heavy (non-hydrogen) atoms. The predicted octanol–water partition coefficient (Wildman–Crippen LogP) is 2.65. The van der Waals surface area contributed by atoms with E-state index >= 15 is 0 Å². The van der Waals surface area contributed by atoms with Gasteiger partial charge in [0.2, 0.25) is 15.9 Å². The number of hydrogen-bond acceptors (Lipinski definition) is 3. The van der Waals surface area contributed by atoms with E-state index in [1.165, 1.54) is 0 Å². The van der Waals surface area contributed by atoms with Gasteiger partial charge in [0.15, 0.2) is 11.6 Å². The molecule has 2 N–H and O–H groups in total. The summed E-state index contributed by atoms with van der Waals surface area (Å²) in [6.07, 6.45) is 0.505. The molecule has 5 nitrogen and oxygen atoms in total. The predicted molar refractivity (Wildman–Crippen MR) is 94.3 cm³/mol. The standard InChI is InChI=1S/C17H17ClF2N2O3S/c18-13-3-1-2-12(10-13)6-8-21-17(23)7-9-22-26(24,25)14-4-5-15(19)16(20)11-14/h1-5,10-11,22H,6-9H2,(H,21,23). The second-order valence-electron chi connectivity index (χ2n) is 5.45. The van der Waals surface area contributed by atoms with Gasteiger partial charge in [0.25, 0.3) is 0 Å². The van der Waals surface area contributed by atoms with Crippen LogP contribution in [0, 0.1) is 11.6 Å². The Kier molecular flexibility index (Phi) is 7.07. The third-order valence-corrected chi connectivity index (χ3v) is 5.16. The number of hydrogen-bond donors (Lipinski definition) is 2. The zero-order chi connectivity index (χ0) is 19.2. The number of halogens is 3. The molecule has 0 unspecified atom stereocenters. The van der Waals surface area contributed by atoms with Crippen LogP contribution in [-0.4, -0.2) is 27.4 Å². The van der Waals surface area contributed by atoms with Crippen LogP contribution in [0.25, 0.3) is 0 Å². The van der Waals surface area contributed by atoms with Gasteiger partial charge in [-0.25, -0.2) is 21.9 Å². The fourth-order valence-corrected chi connectivity index (χ4v) is 3.41. The Bertz CT molecular complexity index is 891. The first-order valence-corrected chi connectivity index (χ1v) is 9.60.